The summed E-state index contributed by atoms with van der Waals surface area (Å²) in [5.41, 5.74) is 2.90. The van der Waals surface area contributed by atoms with Crippen LogP contribution in [-0.2, 0) is 10.7 Å². The molecule has 0 heterocycles. The van der Waals surface area contributed by atoms with E-state index in [4.69, 9.17) is 5.73 Å². The number of benzene rings is 1. The number of hydrogen-bond donors (Lipinski definition) is 1. The van der Waals surface area contributed by atoms with Crippen molar-refractivity contribution in [3.8, 4) is 0 Å². The summed E-state index contributed by atoms with van der Waals surface area (Å²) in [6.45, 7) is 0. The Bertz CT molecular complexity index is 658. The standard InChI is InChI=1S/C18H20F3NO/c19-14-4-2-1-3-13(14)18(20,21)17-8-11-5-12(9-17)7-16(6-11,10-17)15(22)23/h1-4,11-12H,5-10H2,(H2,22,23). The SMILES string of the molecule is NC(=O)C12CC3CC(C1)CC(C(F)(F)c1ccccc1F)(C3)C2. The molecule has 1 aromatic carbocycles. The van der Waals surface area contributed by atoms with E-state index in [1.54, 1.807) is 0 Å². The van der Waals surface area contributed by atoms with Gasteiger partial charge in [0.25, 0.3) is 5.92 Å². The van der Waals surface area contributed by atoms with E-state index in [0.717, 1.165) is 12.5 Å². The van der Waals surface area contributed by atoms with Gasteiger partial charge in [-0.25, -0.2) is 13.2 Å². The highest BCUT2D eigenvalue weighted by Crippen LogP contribution is 2.71. The molecule has 23 heavy (non-hydrogen) atoms. The lowest BCUT2D eigenvalue weighted by Crippen LogP contribution is -2.61. The summed E-state index contributed by atoms with van der Waals surface area (Å²) in [7, 11) is 0. The lowest BCUT2D eigenvalue weighted by atomic mass is 9.42. The van der Waals surface area contributed by atoms with Gasteiger partial charge in [0.15, 0.2) is 0 Å². The van der Waals surface area contributed by atoms with Crippen molar-refractivity contribution in [2.75, 3.05) is 0 Å². The molecule has 2 unspecified atom stereocenters. The Morgan fingerprint density at radius 1 is 1.13 bits per heavy atom. The van der Waals surface area contributed by atoms with E-state index >= 15 is 8.78 Å². The van der Waals surface area contributed by atoms with Crippen LogP contribution in [0.15, 0.2) is 24.3 Å². The molecule has 4 bridgehead atoms. The summed E-state index contributed by atoms with van der Waals surface area (Å²) in [4.78, 5) is 12.0. The molecule has 4 saturated carbocycles. The number of primary amides is 1. The van der Waals surface area contributed by atoms with Gasteiger partial charge in [0.1, 0.15) is 5.82 Å². The molecule has 0 aromatic heterocycles. The highest BCUT2D eigenvalue weighted by Gasteiger charge is 2.68. The molecule has 4 fully saturated rings. The summed E-state index contributed by atoms with van der Waals surface area (Å²) in [6.07, 6.45) is 2.94. The minimum atomic E-state index is -3.28. The maximum Gasteiger partial charge on any atom is 0.281 e. The highest BCUT2D eigenvalue weighted by molar-refractivity contribution is 5.81. The molecule has 1 aromatic rings. The average molecular weight is 323 g/mol. The first-order valence-corrected chi connectivity index (χ1v) is 8.21. The van der Waals surface area contributed by atoms with Crippen LogP contribution in [-0.4, -0.2) is 5.91 Å². The largest absolute Gasteiger partial charge is 0.369 e. The van der Waals surface area contributed by atoms with Gasteiger partial charge in [-0.3, -0.25) is 4.79 Å². The molecule has 4 aliphatic rings. The fraction of sp³-hybridized carbons (Fsp3) is 0.611. The number of amides is 1. The van der Waals surface area contributed by atoms with Crippen LogP contribution in [0, 0.1) is 28.5 Å². The fourth-order valence-corrected chi connectivity index (χ4v) is 5.92. The second-order valence-electron chi connectivity index (χ2n) is 7.94. The van der Waals surface area contributed by atoms with Gasteiger partial charge in [-0.1, -0.05) is 18.2 Å². The number of hydrogen-bond acceptors (Lipinski definition) is 1. The molecule has 0 spiro atoms. The Morgan fingerprint density at radius 2 is 1.74 bits per heavy atom. The predicted octanol–water partition coefficient (Wildman–Crippen LogP) is 3.99. The lowest BCUT2D eigenvalue weighted by molar-refractivity contribution is -0.230. The summed E-state index contributed by atoms with van der Waals surface area (Å²) >= 11 is 0. The van der Waals surface area contributed by atoms with Crippen LogP contribution in [0.25, 0.3) is 0 Å². The minimum Gasteiger partial charge on any atom is -0.369 e. The highest BCUT2D eigenvalue weighted by atomic mass is 19.3. The van der Waals surface area contributed by atoms with Crippen molar-refractivity contribution in [2.24, 2.45) is 28.4 Å². The third kappa shape index (κ3) is 1.91. The molecule has 0 saturated heterocycles. The van der Waals surface area contributed by atoms with Gasteiger partial charge in [0, 0.05) is 5.41 Å². The number of halogens is 3. The number of carbonyl (C=O) groups is 1. The van der Waals surface area contributed by atoms with Crippen molar-refractivity contribution < 1.29 is 18.0 Å². The van der Waals surface area contributed by atoms with Crippen LogP contribution in [0.5, 0.6) is 0 Å². The molecule has 2 atom stereocenters. The van der Waals surface area contributed by atoms with Crippen molar-refractivity contribution in [3.05, 3.63) is 35.6 Å². The summed E-state index contributed by atoms with van der Waals surface area (Å²) in [5.74, 6) is -4.42. The van der Waals surface area contributed by atoms with E-state index in [-0.39, 0.29) is 18.3 Å². The quantitative estimate of drug-likeness (QED) is 0.898. The molecular formula is C18H20F3NO. The van der Waals surface area contributed by atoms with Gasteiger partial charge >= 0.3 is 0 Å². The third-order valence-corrected chi connectivity index (χ3v) is 6.46. The zero-order valence-electron chi connectivity index (χ0n) is 12.8. The molecule has 1 amide bonds. The molecule has 4 aliphatic carbocycles. The molecule has 0 aliphatic heterocycles. The average Bonchev–Trinajstić information content (AvgIpc) is 2.45. The van der Waals surface area contributed by atoms with Crippen molar-refractivity contribution >= 4 is 5.91 Å². The van der Waals surface area contributed by atoms with Crippen molar-refractivity contribution in [1.82, 2.24) is 0 Å². The maximum absolute atomic E-state index is 15.4. The topological polar surface area (TPSA) is 43.1 Å². The van der Waals surface area contributed by atoms with Crippen LogP contribution in [0.1, 0.15) is 44.1 Å². The van der Waals surface area contributed by atoms with Gasteiger partial charge in [0.2, 0.25) is 5.91 Å². The van der Waals surface area contributed by atoms with E-state index < -0.39 is 34.0 Å². The van der Waals surface area contributed by atoms with E-state index in [0.29, 0.717) is 25.7 Å². The predicted molar refractivity (Wildman–Crippen MR) is 79.0 cm³/mol. The van der Waals surface area contributed by atoms with Crippen molar-refractivity contribution in [1.29, 1.82) is 0 Å². The van der Waals surface area contributed by atoms with Gasteiger partial charge in [0.05, 0.1) is 11.0 Å². The van der Waals surface area contributed by atoms with Gasteiger partial charge < -0.3 is 5.73 Å². The van der Waals surface area contributed by atoms with Crippen LogP contribution in [0.2, 0.25) is 0 Å². The second-order valence-corrected chi connectivity index (χ2v) is 7.94. The monoisotopic (exact) mass is 323 g/mol. The Labute approximate surface area is 133 Å². The van der Waals surface area contributed by atoms with Crippen LogP contribution < -0.4 is 5.73 Å². The molecule has 2 nitrogen and oxygen atoms in total. The Kier molecular flexibility index (Phi) is 2.95. The molecule has 5 heteroatoms. The Balaban J connectivity index is 1.81. The zero-order chi connectivity index (χ0) is 16.5. The fourth-order valence-electron chi connectivity index (χ4n) is 5.92. The van der Waals surface area contributed by atoms with Crippen LogP contribution in [0.3, 0.4) is 0 Å². The lowest BCUT2D eigenvalue weighted by Gasteiger charge is -2.62. The Hall–Kier alpha value is -1.52. The minimum absolute atomic E-state index is 0.0870. The zero-order valence-corrected chi connectivity index (χ0v) is 12.8. The van der Waals surface area contributed by atoms with Gasteiger partial charge in [-0.2, -0.15) is 0 Å². The molecule has 2 N–H and O–H groups in total. The molecule has 5 rings (SSSR count). The first kappa shape index (κ1) is 15.0. The maximum atomic E-state index is 15.4. The number of nitrogens with two attached hydrogens (primary N) is 1. The number of rotatable bonds is 3. The van der Waals surface area contributed by atoms with Gasteiger partial charge in [-0.15, -0.1) is 0 Å². The summed E-state index contributed by atoms with van der Waals surface area (Å²) < 4.78 is 44.9. The normalized spacial score (nSPS) is 38.7. The van der Waals surface area contributed by atoms with E-state index in [1.165, 1.54) is 18.2 Å². The molecule has 124 valence electrons. The second kappa shape index (κ2) is 4.52. The summed E-state index contributed by atoms with van der Waals surface area (Å²) in [6, 6.07) is 5.11. The number of alkyl halides is 2. The van der Waals surface area contributed by atoms with Crippen LogP contribution in [0.4, 0.5) is 13.2 Å². The third-order valence-electron chi connectivity index (χ3n) is 6.46. The molecule has 0 radical (unpaired) electrons. The van der Waals surface area contributed by atoms with Crippen LogP contribution >= 0.6 is 0 Å². The van der Waals surface area contributed by atoms with Gasteiger partial charge in [-0.05, 0) is 56.4 Å². The smallest absolute Gasteiger partial charge is 0.281 e. The Morgan fingerprint density at radius 3 is 2.30 bits per heavy atom. The summed E-state index contributed by atoms with van der Waals surface area (Å²) in [5, 5.41) is 0. The van der Waals surface area contributed by atoms with Crippen molar-refractivity contribution in [2.45, 2.75) is 44.4 Å². The number of carbonyl (C=O) groups excluding carboxylic acids is 1. The molecular weight excluding hydrogens is 303 g/mol. The first-order chi connectivity index (χ1) is 10.8. The van der Waals surface area contributed by atoms with Crippen molar-refractivity contribution in [3.63, 3.8) is 0 Å². The van der Waals surface area contributed by atoms with E-state index in [2.05, 4.69) is 0 Å². The van der Waals surface area contributed by atoms with E-state index in [9.17, 15) is 9.18 Å². The first-order valence-electron chi connectivity index (χ1n) is 8.21. The van der Waals surface area contributed by atoms with E-state index in [1.807, 2.05) is 0 Å².